The highest BCUT2D eigenvalue weighted by Gasteiger charge is 2.32. The molecule has 2 aromatic rings. The van der Waals surface area contributed by atoms with Crippen LogP contribution in [0.5, 0.6) is 0 Å². The van der Waals surface area contributed by atoms with Gasteiger partial charge in [0.05, 0.1) is 11.5 Å². The van der Waals surface area contributed by atoms with Crippen molar-refractivity contribution in [3.63, 3.8) is 0 Å². The molecule has 1 aliphatic heterocycles. The summed E-state index contributed by atoms with van der Waals surface area (Å²) < 4.78 is 14.6. The number of carbonyl (C=O) groups excluding carboxylic acids is 1. The summed E-state index contributed by atoms with van der Waals surface area (Å²) in [5.41, 5.74) is 0.701. The fourth-order valence-electron chi connectivity index (χ4n) is 2.02. The molecule has 1 aliphatic rings. The van der Waals surface area contributed by atoms with Crippen LogP contribution in [0.2, 0.25) is 0 Å². The lowest BCUT2D eigenvalue weighted by atomic mass is 10.1. The Morgan fingerprint density at radius 3 is 2.79 bits per heavy atom. The van der Waals surface area contributed by atoms with Gasteiger partial charge in [-0.25, -0.2) is 4.57 Å². The summed E-state index contributed by atoms with van der Waals surface area (Å²) in [4.78, 5) is 12.0. The molecule has 1 fully saturated rings. The monoisotopic (exact) mass is 276 g/mol. The minimum atomic E-state index is -0.691. The molecule has 1 saturated heterocycles. The van der Waals surface area contributed by atoms with Crippen LogP contribution in [0.25, 0.3) is 0 Å². The summed E-state index contributed by atoms with van der Waals surface area (Å²) in [6, 6.07) is 9.42. The van der Waals surface area contributed by atoms with Gasteiger partial charge in [-0.2, -0.15) is 0 Å². The Bertz CT molecular complexity index is 616. The summed E-state index contributed by atoms with van der Waals surface area (Å²) >= 11 is 0. The van der Waals surface area contributed by atoms with Gasteiger partial charge in [-0.05, 0) is 0 Å². The van der Waals surface area contributed by atoms with Crippen molar-refractivity contribution in [1.29, 1.82) is 0 Å². The van der Waals surface area contributed by atoms with E-state index in [0.29, 0.717) is 17.1 Å². The molecule has 0 bridgehead atoms. The molecule has 19 heavy (non-hydrogen) atoms. The van der Waals surface area contributed by atoms with Crippen LogP contribution >= 0.6 is 0 Å². The minimum absolute atomic E-state index is 0.0577. The van der Waals surface area contributed by atoms with Gasteiger partial charge in [0.2, 0.25) is 6.33 Å². The van der Waals surface area contributed by atoms with Gasteiger partial charge in [-0.15, -0.1) is 4.68 Å². The van der Waals surface area contributed by atoms with E-state index in [2.05, 4.69) is 5.10 Å². The Hall–Kier alpha value is -1.82. The summed E-state index contributed by atoms with van der Waals surface area (Å²) in [6.07, 6.45) is 3.45. The van der Waals surface area contributed by atoms with Crippen molar-refractivity contribution in [2.24, 2.45) is 0 Å². The fourth-order valence-corrected chi connectivity index (χ4v) is 3.09. The van der Waals surface area contributed by atoms with Crippen molar-refractivity contribution in [3.8, 4) is 0 Å². The van der Waals surface area contributed by atoms with Crippen molar-refractivity contribution >= 4 is 16.6 Å². The number of ketones is 1. The van der Waals surface area contributed by atoms with Crippen molar-refractivity contribution in [1.82, 2.24) is 9.78 Å². The normalized spacial score (nSPS) is 21.9. The smallest absolute Gasteiger partial charge is 0.265 e. The minimum Gasteiger partial charge on any atom is -0.291 e. The standard InChI is InChI=1S/C13H14N3O2S/c17-13(11-4-2-1-3-5-11)6-15-9-14-16(10-15)12-7-19(18)8-12/h1-5,9-10,12H,6-8H2/q+1. The average Bonchev–Trinajstić information content (AvgIpc) is 2.84. The molecule has 0 spiro atoms. The Morgan fingerprint density at radius 1 is 1.37 bits per heavy atom. The topological polar surface area (TPSA) is 55.8 Å². The van der Waals surface area contributed by atoms with E-state index in [1.165, 1.54) is 0 Å². The van der Waals surface area contributed by atoms with Gasteiger partial charge in [0.1, 0.15) is 12.6 Å². The Balaban J connectivity index is 1.67. The first-order valence-corrected chi connectivity index (χ1v) is 7.57. The molecule has 0 saturated carbocycles. The van der Waals surface area contributed by atoms with Crippen LogP contribution in [0.1, 0.15) is 16.4 Å². The van der Waals surface area contributed by atoms with E-state index < -0.39 is 10.8 Å². The number of nitrogens with zero attached hydrogens (tertiary/aromatic N) is 3. The summed E-state index contributed by atoms with van der Waals surface area (Å²) in [5.74, 6) is 1.38. The molecular weight excluding hydrogens is 262 g/mol. The number of benzene rings is 1. The molecule has 2 heterocycles. The zero-order chi connectivity index (χ0) is 13.2. The van der Waals surface area contributed by atoms with Gasteiger partial charge in [0.25, 0.3) is 6.33 Å². The lowest BCUT2D eigenvalue weighted by molar-refractivity contribution is -0.684. The van der Waals surface area contributed by atoms with Crippen LogP contribution < -0.4 is 4.57 Å². The van der Waals surface area contributed by atoms with E-state index in [0.717, 1.165) is 0 Å². The molecule has 0 atom stereocenters. The molecule has 98 valence electrons. The third-order valence-corrected chi connectivity index (χ3v) is 4.67. The number of rotatable bonds is 4. The van der Waals surface area contributed by atoms with Crippen LogP contribution in [0.3, 0.4) is 0 Å². The highest BCUT2D eigenvalue weighted by Crippen LogP contribution is 2.17. The molecule has 6 heteroatoms. The summed E-state index contributed by atoms with van der Waals surface area (Å²) in [5, 5.41) is 4.21. The largest absolute Gasteiger partial charge is 0.291 e. The first-order chi connectivity index (χ1) is 9.22. The van der Waals surface area contributed by atoms with E-state index in [9.17, 15) is 9.00 Å². The zero-order valence-corrected chi connectivity index (χ0v) is 11.1. The lowest BCUT2D eigenvalue weighted by Gasteiger charge is -2.19. The predicted molar refractivity (Wildman–Crippen MR) is 70.1 cm³/mol. The van der Waals surface area contributed by atoms with Crippen LogP contribution in [-0.2, 0) is 17.3 Å². The van der Waals surface area contributed by atoms with Gasteiger partial charge in [0.15, 0.2) is 5.78 Å². The molecule has 5 nitrogen and oxygen atoms in total. The predicted octanol–water partition coefficient (Wildman–Crippen LogP) is 0.357. The quantitative estimate of drug-likeness (QED) is 0.598. The Labute approximate surface area is 113 Å². The Morgan fingerprint density at radius 2 is 2.11 bits per heavy atom. The van der Waals surface area contributed by atoms with Gasteiger partial charge in [0, 0.05) is 21.5 Å². The maximum atomic E-state index is 12.0. The van der Waals surface area contributed by atoms with Gasteiger partial charge < -0.3 is 0 Å². The molecule has 3 rings (SSSR count). The molecule has 0 aliphatic carbocycles. The zero-order valence-electron chi connectivity index (χ0n) is 10.3. The molecule has 1 aromatic carbocycles. The average molecular weight is 276 g/mol. The third kappa shape index (κ3) is 2.63. The highest BCUT2D eigenvalue weighted by atomic mass is 32.2. The molecule has 0 unspecified atom stereocenters. The maximum absolute atomic E-state index is 12.0. The van der Waals surface area contributed by atoms with E-state index >= 15 is 0 Å². The van der Waals surface area contributed by atoms with Crippen LogP contribution in [0.15, 0.2) is 43.0 Å². The van der Waals surface area contributed by atoms with Crippen LogP contribution in [0, 0.1) is 0 Å². The van der Waals surface area contributed by atoms with Crippen molar-refractivity contribution in [3.05, 3.63) is 48.5 Å². The maximum Gasteiger partial charge on any atom is 0.265 e. The van der Waals surface area contributed by atoms with Crippen molar-refractivity contribution < 1.29 is 13.6 Å². The third-order valence-electron chi connectivity index (χ3n) is 3.15. The second-order valence-electron chi connectivity index (χ2n) is 4.61. The SMILES string of the molecule is O=C(C[n+]1cnn(C2CS(=O)C2)c1)c1ccccc1. The van der Waals surface area contributed by atoms with Gasteiger partial charge in [-0.3, -0.25) is 9.00 Å². The van der Waals surface area contributed by atoms with E-state index in [-0.39, 0.29) is 18.4 Å². The van der Waals surface area contributed by atoms with E-state index in [1.54, 1.807) is 15.6 Å². The van der Waals surface area contributed by atoms with E-state index in [1.807, 2.05) is 36.7 Å². The number of carbonyl (C=O) groups is 1. The first-order valence-electron chi connectivity index (χ1n) is 6.09. The van der Waals surface area contributed by atoms with Gasteiger partial charge in [-0.1, -0.05) is 30.3 Å². The summed E-state index contributed by atoms with van der Waals surface area (Å²) in [6.45, 7) is 0.278. The lowest BCUT2D eigenvalue weighted by Crippen LogP contribution is -2.38. The summed E-state index contributed by atoms with van der Waals surface area (Å²) in [7, 11) is -0.691. The van der Waals surface area contributed by atoms with Crippen LogP contribution in [-0.4, -0.2) is 31.3 Å². The fraction of sp³-hybridized carbons (Fsp3) is 0.308. The number of aromatic nitrogens is 3. The number of Topliss-reactive ketones (excluding diaryl/α,β-unsaturated/α-hetero) is 1. The molecule has 0 N–H and O–H groups in total. The highest BCUT2D eigenvalue weighted by molar-refractivity contribution is 7.86. The molecule has 1 aromatic heterocycles. The van der Waals surface area contributed by atoms with Gasteiger partial charge >= 0.3 is 0 Å². The van der Waals surface area contributed by atoms with Crippen molar-refractivity contribution in [2.75, 3.05) is 11.5 Å². The molecular formula is C13H14N3O2S+. The molecule has 0 amide bonds. The second-order valence-corrected chi connectivity index (χ2v) is 6.16. The molecule has 0 radical (unpaired) electrons. The van der Waals surface area contributed by atoms with E-state index in [4.69, 9.17) is 0 Å². The second kappa shape index (κ2) is 5.05. The number of hydrogen-bond donors (Lipinski definition) is 0. The van der Waals surface area contributed by atoms with Crippen molar-refractivity contribution in [2.45, 2.75) is 12.6 Å². The Kier molecular flexibility index (Phi) is 3.25. The number of hydrogen-bond acceptors (Lipinski definition) is 3. The first kappa shape index (κ1) is 12.2. The van der Waals surface area contributed by atoms with Crippen LogP contribution in [0.4, 0.5) is 0 Å².